The van der Waals surface area contributed by atoms with E-state index in [2.05, 4.69) is 5.32 Å². The molecule has 1 saturated heterocycles. The molecule has 1 aliphatic heterocycles. The van der Waals surface area contributed by atoms with Crippen LogP contribution in [0.3, 0.4) is 0 Å². The molecule has 4 aliphatic carbocycles. The SMILES string of the molecule is O=C1NC(=O)N(c2ccc(C34CC5CC(CC(C5)C3)C4)cc2)C(=O)/C1=C\c1ccc(-c2ccccc2[N+](=O)[O-])o1. The number of amides is 4. The second-order valence-electron chi connectivity index (χ2n) is 11.7. The highest BCUT2D eigenvalue weighted by Crippen LogP contribution is 2.60. The van der Waals surface area contributed by atoms with Crippen LogP contribution in [-0.2, 0) is 15.0 Å². The Labute approximate surface area is 230 Å². The number of carbonyl (C=O) groups excluding carboxylic acids is 3. The quantitative estimate of drug-likeness (QED) is 0.185. The number of barbiturate groups is 1. The molecule has 0 atom stereocenters. The Kier molecular flexibility index (Phi) is 5.52. The van der Waals surface area contributed by atoms with Crippen molar-refractivity contribution >= 4 is 35.3 Å². The van der Waals surface area contributed by atoms with Crippen molar-refractivity contribution in [3.63, 3.8) is 0 Å². The van der Waals surface area contributed by atoms with Gasteiger partial charge in [-0.15, -0.1) is 0 Å². The van der Waals surface area contributed by atoms with Crippen LogP contribution < -0.4 is 10.2 Å². The van der Waals surface area contributed by atoms with Crippen LogP contribution >= 0.6 is 0 Å². The van der Waals surface area contributed by atoms with E-state index >= 15 is 0 Å². The van der Waals surface area contributed by atoms with E-state index in [-0.39, 0.29) is 33.8 Å². The third kappa shape index (κ3) is 3.95. The van der Waals surface area contributed by atoms with Gasteiger partial charge in [0.05, 0.1) is 16.2 Å². The van der Waals surface area contributed by atoms with Crippen molar-refractivity contribution < 1.29 is 23.7 Å². The summed E-state index contributed by atoms with van der Waals surface area (Å²) in [4.78, 5) is 50.7. The maximum atomic E-state index is 13.4. The summed E-state index contributed by atoms with van der Waals surface area (Å²) in [5.74, 6) is 1.17. The molecule has 4 bridgehead atoms. The van der Waals surface area contributed by atoms with Crippen molar-refractivity contribution in [2.24, 2.45) is 17.8 Å². The van der Waals surface area contributed by atoms with Gasteiger partial charge in [0.2, 0.25) is 0 Å². The van der Waals surface area contributed by atoms with Crippen LogP contribution in [0.25, 0.3) is 17.4 Å². The largest absolute Gasteiger partial charge is 0.456 e. The minimum absolute atomic E-state index is 0.128. The fourth-order valence-electron chi connectivity index (χ4n) is 7.88. The summed E-state index contributed by atoms with van der Waals surface area (Å²) < 4.78 is 5.74. The van der Waals surface area contributed by atoms with Gasteiger partial charge in [-0.3, -0.25) is 25.0 Å². The first-order chi connectivity index (χ1) is 19.3. The van der Waals surface area contributed by atoms with E-state index in [0.29, 0.717) is 5.69 Å². The predicted octanol–water partition coefficient (Wildman–Crippen LogP) is 5.99. The number of carbonyl (C=O) groups is 3. The van der Waals surface area contributed by atoms with Crippen molar-refractivity contribution in [3.05, 3.63) is 87.7 Å². The number of nitro groups is 1. The number of anilines is 1. The molecule has 0 spiro atoms. The van der Waals surface area contributed by atoms with E-state index in [1.54, 1.807) is 30.3 Å². The van der Waals surface area contributed by atoms with Crippen LogP contribution in [0.15, 0.2) is 70.7 Å². The molecule has 2 aromatic carbocycles. The van der Waals surface area contributed by atoms with Gasteiger partial charge in [0.25, 0.3) is 17.5 Å². The fourth-order valence-corrected chi connectivity index (χ4v) is 7.88. The molecule has 40 heavy (non-hydrogen) atoms. The minimum Gasteiger partial charge on any atom is -0.456 e. The molecule has 0 unspecified atom stereocenters. The number of para-hydroxylation sites is 1. The Morgan fingerprint density at radius 3 is 2.20 bits per heavy atom. The predicted molar refractivity (Wildman–Crippen MR) is 146 cm³/mol. The van der Waals surface area contributed by atoms with Crippen LogP contribution in [0.5, 0.6) is 0 Å². The van der Waals surface area contributed by atoms with Gasteiger partial charge in [-0.2, -0.15) is 0 Å². The van der Waals surface area contributed by atoms with Crippen molar-refractivity contribution in [1.82, 2.24) is 5.32 Å². The van der Waals surface area contributed by atoms with Gasteiger partial charge in [-0.1, -0.05) is 24.3 Å². The summed E-state index contributed by atoms with van der Waals surface area (Å²) in [5, 5.41) is 13.6. The highest BCUT2D eigenvalue weighted by atomic mass is 16.6. The third-order valence-corrected chi connectivity index (χ3v) is 9.16. The Morgan fingerprint density at radius 2 is 1.55 bits per heavy atom. The average molecular weight is 538 g/mol. The zero-order valence-electron chi connectivity index (χ0n) is 21.7. The van der Waals surface area contributed by atoms with E-state index in [0.717, 1.165) is 22.7 Å². The molecular weight excluding hydrogens is 510 g/mol. The number of urea groups is 1. The van der Waals surface area contributed by atoms with E-state index in [1.807, 2.05) is 12.1 Å². The number of hydrogen-bond donors (Lipinski definition) is 1. The van der Waals surface area contributed by atoms with Crippen LogP contribution in [0.2, 0.25) is 0 Å². The number of hydrogen-bond acceptors (Lipinski definition) is 6. The number of furan rings is 1. The maximum Gasteiger partial charge on any atom is 0.335 e. The van der Waals surface area contributed by atoms with Gasteiger partial charge >= 0.3 is 6.03 Å². The first-order valence-electron chi connectivity index (χ1n) is 13.7. The molecule has 1 aromatic heterocycles. The van der Waals surface area contributed by atoms with Crippen molar-refractivity contribution in [2.75, 3.05) is 4.90 Å². The van der Waals surface area contributed by atoms with E-state index in [1.165, 1.54) is 68.4 Å². The number of benzene rings is 2. The Hall–Kier alpha value is -4.53. The summed E-state index contributed by atoms with van der Waals surface area (Å²) >= 11 is 0. The van der Waals surface area contributed by atoms with Crippen molar-refractivity contribution in [2.45, 2.75) is 43.9 Å². The smallest absolute Gasteiger partial charge is 0.335 e. The lowest BCUT2D eigenvalue weighted by molar-refractivity contribution is -0.384. The van der Waals surface area contributed by atoms with Crippen LogP contribution in [0.1, 0.15) is 49.8 Å². The summed E-state index contributed by atoms with van der Waals surface area (Å²) in [6.07, 6.45) is 8.92. The summed E-state index contributed by atoms with van der Waals surface area (Å²) in [6.45, 7) is 0. The van der Waals surface area contributed by atoms with Gasteiger partial charge in [0.1, 0.15) is 17.1 Å². The Balaban J connectivity index is 1.16. The van der Waals surface area contributed by atoms with Crippen LogP contribution in [0.4, 0.5) is 16.2 Å². The summed E-state index contributed by atoms with van der Waals surface area (Å²) in [6, 6.07) is 16.0. The molecule has 0 radical (unpaired) electrons. The van der Waals surface area contributed by atoms with E-state index in [4.69, 9.17) is 4.42 Å². The van der Waals surface area contributed by atoms with Gasteiger partial charge < -0.3 is 4.42 Å². The number of rotatable bonds is 5. The first kappa shape index (κ1) is 24.5. The normalized spacial score (nSPS) is 28.3. The summed E-state index contributed by atoms with van der Waals surface area (Å²) in [7, 11) is 0. The first-order valence-corrected chi connectivity index (χ1v) is 13.7. The molecule has 9 heteroatoms. The molecule has 3 aromatic rings. The van der Waals surface area contributed by atoms with Gasteiger partial charge in [0.15, 0.2) is 0 Å². The molecule has 4 saturated carbocycles. The van der Waals surface area contributed by atoms with Gasteiger partial charge in [0, 0.05) is 6.07 Å². The van der Waals surface area contributed by atoms with Crippen LogP contribution in [-0.4, -0.2) is 22.8 Å². The lowest BCUT2D eigenvalue weighted by Gasteiger charge is -2.57. The standard InChI is InChI=1S/C31H27N3O6/c35-28-25(14-23-9-10-27(40-23)24-3-1-2-4-26(24)34(38)39)29(36)33(30(37)32-28)22-7-5-21(6-8-22)31-15-18-11-19(16-31)13-20(12-18)17-31/h1-10,14,18-20H,11-13,15-17H2,(H,32,35,37)/b25-14-. The maximum absolute atomic E-state index is 13.4. The van der Waals surface area contributed by atoms with Gasteiger partial charge in [-0.05, 0) is 104 Å². The summed E-state index contributed by atoms with van der Waals surface area (Å²) in [5.41, 5.74) is 1.71. The number of nitrogens with one attached hydrogen (secondary N) is 1. The molecular formula is C31H27N3O6. The Bertz CT molecular complexity index is 1570. The molecule has 4 amide bonds. The number of nitrogens with zero attached hydrogens (tertiary/aromatic N) is 2. The second-order valence-corrected chi connectivity index (χ2v) is 11.7. The lowest BCUT2D eigenvalue weighted by atomic mass is 9.48. The Morgan fingerprint density at radius 1 is 0.900 bits per heavy atom. The zero-order chi connectivity index (χ0) is 27.6. The van der Waals surface area contributed by atoms with Crippen LogP contribution in [0, 0.1) is 27.9 Å². The van der Waals surface area contributed by atoms with E-state index in [9.17, 15) is 24.5 Å². The van der Waals surface area contributed by atoms with E-state index < -0.39 is 22.8 Å². The third-order valence-electron chi connectivity index (χ3n) is 9.16. The molecule has 8 rings (SSSR count). The zero-order valence-corrected chi connectivity index (χ0v) is 21.7. The van der Waals surface area contributed by atoms with Crippen molar-refractivity contribution in [3.8, 4) is 11.3 Å². The number of imide groups is 2. The second kappa shape index (κ2) is 9.01. The molecule has 9 nitrogen and oxygen atoms in total. The lowest BCUT2D eigenvalue weighted by Crippen LogP contribution is -2.54. The monoisotopic (exact) mass is 537 g/mol. The molecule has 2 heterocycles. The molecule has 1 N–H and O–H groups in total. The average Bonchev–Trinajstić information content (AvgIpc) is 3.39. The number of nitro benzene ring substituents is 1. The minimum atomic E-state index is -0.833. The van der Waals surface area contributed by atoms with Crippen molar-refractivity contribution in [1.29, 1.82) is 0 Å². The fraction of sp³-hybridized carbons (Fsp3) is 0.323. The van der Waals surface area contributed by atoms with Gasteiger partial charge in [-0.25, -0.2) is 9.69 Å². The molecule has 5 aliphatic rings. The molecule has 5 fully saturated rings. The molecule has 202 valence electrons. The highest BCUT2D eigenvalue weighted by molar-refractivity contribution is 6.39. The topological polar surface area (TPSA) is 123 Å². The highest BCUT2D eigenvalue weighted by Gasteiger charge is 2.51.